The van der Waals surface area contributed by atoms with Gasteiger partial charge in [-0.2, -0.15) is 0 Å². The first kappa shape index (κ1) is 15.3. The van der Waals surface area contributed by atoms with Crippen LogP contribution in [-0.2, 0) is 0 Å². The van der Waals surface area contributed by atoms with E-state index in [1.54, 1.807) is 0 Å². The molecule has 1 saturated carbocycles. The van der Waals surface area contributed by atoms with Crippen molar-refractivity contribution in [3.05, 3.63) is 0 Å². The molecule has 2 aliphatic rings. The number of hydrogen-bond donors (Lipinski definition) is 1. The molecule has 2 fully saturated rings. The second-order valence-corrected chi connectivity index (χ2v) is 7.87. The molecule has 1 aliphatic carbocycles. The lowest BCUT2D eigenvalue weighted by molar-refractivity contribution is 0.0715. The minimum atomic E-state index is 0.447. The fourth-order valence-corrected chi connectivity index (χ4v) is 4.22. The summed E-state index contributed by atoms with van der Waals surface area (Å²) in [4.78, 5) is 2.67. The highest BCUT2D eigenvalue weighted by atomic mass is 15.1. The predicted molar refractivity (Wildman–Crippen MR) is 83.4 cm³/mol. The van der Waals surface area contributed by atoms with Gasteiger partial charge in [-0.3, -0.25) is 0 Å². The molecule has 1 saturated heterocycles. The van der Waals surface area contributed by atoms with Crippen molar-refractivity contribution < 1.29 is 0 Å². The van der Waals surface area contributed by atoms with Gasteiger partial charge in [0.05, 0.1) is 0 Å². The van der Waals surface area contributed by atoms with Crippen molar-refractivity contribution in [2.24, 2.45) is 17.3 Å². The van der Waals surface area contributed by atoms with Crippen LogP contribution in [-0.4, -0.2) is 37.6 Å². The summed E-state index contributed by atoms with van der Waals surface area (Å²) in [6, 6.07) is 0.833. The molecule has 0 spiro atoms. The molecule has 2 heteroatoms. The van der Waals surface area contributed by atoms with E-state index in [1.165, 1.54) is 58.2 Å². The number of rotatable bonds is 4. The number of nitrogens with one attached hydrogen (secondary N) is 1. The van der Waals surface area contributed by atoms with Crippen LogP contribution in [0.5, 0.6) is 0 Å². The second kappa shape index (κ2) is 6.58. The SMILES string of the molecule is CC1CCCC(N(C)CC(C)(C)C2CCCNC2)C1. The van der Waals surface area contributed by atoms with Gasteiger partial charge in [-0.1, -0.05) is 33.6 Å². The van der Waals surface area contributed by atoms with E-state index in [9.17, 15) is 0 Å². The van der Waals surface area contributed by atoms with Gasteiger partial charge in [-0.15, -0.1) is 0 Å². The summed E-state index contributed by atoms with van der Waals surface area (Å²) in [5, 5.41) is 3.58. The van der Waals surface area contributed by atoms with Crippen LogP contribution in [0.2, 0.25) is 0 Å². The van der Waals surface area contributed by atoms with E-state index >= 15 is 0 Å². The number of hydrogen-bond acceptors (Lipinski definition) is 2. The zero-order chi connectivity index (χ0) is 13.9. The first-order valence-corrected chi connectivity index (χ1v) is 8.40. The van der Waals surface area contributed by atoms with Gasteiger partial charge < -0.3 is 10.2 Å². The molecule has 0 radical (unpaired) electrons. The van der Waals surface area contributed by atoms with Crippen molar-refractivity contribution in [1.29, 1.82) is 0 Å². The smallest absolute Gasteiger partial charge is 0.00949 e. The van der Waals surface area contributed by atoms with E-state index in [1.807, 2.05) is 0 Å². The molecule has 0 aromatic carbocycles. The molecule has 1 aliphatic heterocycles. The van der Waals surface area contributed by atoms with Crippen molar-refractivity contribution in [2.45, 2.75) is 65.3 Å². The largest absolute Gasteiger partial charge is 0.316 e. The molecule has 3 unspecified atom stereocenters. The van der Waals surface area contributed by atoms with Gasteiger partial charge >= 0.3 is 0 Å². The average molecular weight is 266 g/mol. The molecule has 3 atom stereocenters. The highest BCUT2D eigenvalue weighted by Crippen LogP contribution is 2.34. The summed E-state index contributed by atoms with van der Waals surface area (Å²) in [6.07, 6.45) is 8.48. The van der Waals surface area contributed by atoms with Gasteiger partial charge in [-0.05, 0) is 63.1 Å². The monoisotopic (exact) mass is 266 g/mol. The zero-order valence-electron chi connectivity index (χ0n) is 13.5. The quantitative estimate of drug-likeness (QED) is 0.837. The molecular formula is C17H34N2. The third kappa shape index (κ3) is 4.19. The standard InChI is InChI=1S/C17H34N2/c1-14-7-5-9-16(11-14)19(4)13-17(2,3)15-8-6-10-18-12-15/h14-16,18H,5-13H2,1-4H3. The Hall–Kier alpha value is -0.0800. The normalized spacial score (nSPS) is 33.6. The van der Waals surface area contributed by atoms with Crippen molar-refractivity contribution in [3.8, 4) is 0 Å². The minimum Gasteiger partial charge on any atom is -0.316 e. The molecule has 0 aromatic rings. The van der Waals surface area contributed by atoms with E-state index in [4.69, 9.17) is 0 Å². The average Bonchev–Trinajstić information content (AvgIpc) is 2.39. The number of nitrogens with zero attached hydrogens (tertiary/aromatic N) is 1. The number of piperidine rings is 1. The van der Waals surface area contributed by atoms with Crippen LogP contribution >= 0.6 is 0 Å². The Labute approximate surface area is 120 Å². The maximum Gasteiger partial charge on any atom is 0.00949 e. The van der Waals surface area contributed by atoms with Gasteiger partial charge in [0.15, 0.2) is 0 Å². The van der Waals surface area contributed by atoms with Crippen LogP contribution in [0.1, 0.15) is 59.3 Å². The predicted octanol–water partition coefficient (Wildman–Crippen LogP) is 3.52. The molecule has 1 N–H and O–H groups in total. The van der Waals surface area contributed by atoms with Crippen molar-refractivity contribution in [3.63, 3.8) is 0 Å². The Morgan fingerprint density at radius 1 is 1.16 bits per heavy atom. The maximum absolute atomic E-state index is 3.58. The first-order valence-electron chi connectivity index (χ1n) is 8.40. The van der Waals surface area contributed by atoms with E-state index in [2.05, 4.69) is 38.0 Å². The Bertz CT molecular complexity index is 268. The second-order valence-electron chi connectivity index (χ2n) is 7.87. The fourth-order valence-electron chi connectivity index (χ4n) is 4.22. The van der Waals surface area contributed by atoms with Crippen LogP contribution in [0, 0.1) is 17.3 Å². The van der Waals surface area contributed by atoms with Crippen molar-refractivity contribution in [1.82, 2.24) is 10.2 Å². The van der Waals surface area contributed by atoms with Gasteiger partial charge in [0, 0.05) is 12.6 Å². The van der Waals surface area contributed by atoms with Gasteiger partial charge in [-0.25, -0.2) is 0 Å². The van der Waals surface area contributed by atoms with Gasteiger partial charge in [0.25, 0.3) is 0 Å². The van der Waals surface area contributed by atoms with Crippen LogP contribution in [0.25, 0.3) is 0 Å². The molecule has 2 nitrogen and oxygen atoms in total. The zero-order valence-corrected chi connectivity index (χ0v) is 13.5. The van der Waals surface area contributed by atoms with E-state index < -0.39 is 0 Å². The van der Waals surface area contributed by atoms with Gasteiger partial charge in [0.2, 0.25) is 0 Å². The summed E-state index contributed by atoms with van der Waals surface area (Å²) >= 11 is 0. The molecule has 0 aromatic heterocycles. The van der Waals surface area contributed by atoms with Crippen LogP contribution in [0.15, 0.2) is 0 Å². The highest BCUT2D eigenvalue weighted by molar-refractivity contribution is 4.87. The Morgan fingerprint density at radius 3 is 2.58 bits per heavy atom. The molecular weight excluding hydrogens is 232 g/mol. The van der Waals surface area contributed by atoms with Gasteiger partial charge in [0.1, 0.15) is 0 Å². The summed E-state index contributed by atoms with van der Waals surface area (Å²) in [6.45, 7) is 11.1. The molecule has 112 valence electrons. The van der Waals surface area contributed by atoms with E-state index in [0.29, 0.717) is 5.41 Å². The minimum absolute atomic E-state index is 0.447. The first-order chi connectivity index (χ1) is 8.99. The summed E-state index contributed by atoms with van der Waals surface area (Å²) < 4.78 is 0. The molecule has 19 heavy (non-hydrogen) atoms. The summed E-state index contributed by atoms with van der Waals surface area (Å²) in [5.41, 5.74) is 0.447. The van der Waals surface area contributed by atoms with Crippen LogP contribution in [0.4, 0.5) is 0 Å². The van der Waals surface area contributed by atoms with Crippen LogP contribution < -0.4 is 5.32 Å². The van der Waals surface area contributed by atoms with Crippen LogP contribution in [0.3, 0.4) is 0 Å². The fraction of sp³-hybridized carbons (Fsp3) is 1.00. The maximum atomic E-state index is 3.58. The molecule has 0 bridgehead atoms. The Balaban J connectivity index is 1.87. The summed E-state index contributed by atoms with van der Waals surface area (Å²) in [7, 11) is 2.36. The lowest BCUT2D eigenvalue weighted by Gasteiger charge is -2.43. The molecule has 2 rings (SSSR count). The third-order valence-corrected chi connectivity index (χ3v) is 5.59. The molecule has 0 amide bonds. The highest BCUT2D eigenvalue weighted by Gasteiger charge is 2.33. The lowest BCUT2D eigenvalue weighted by atomic mass is 9.74. The topological polar surface area (TPSA) is 15.3 Å². The third-order valence-electron chi connectivity index (χ3n) is 5.59. The Morgan fingerprint density at radius 2 is 1.95 bits per heavy atom. The van der Waals surface area contributed by atoms with Crippen molar-refractivity contribution >= 4 is 0 Å². The van der Waals surface area contributed by atoms with E-state index in [0.717, 1.165) is 17.9 Å². The molecule has 1 heterocycles. The van der Waals surface area contributed by atoms with Crippen molar-refractivity contribution in [2.75, 3.05) is 26.7 Å². The summed E-state index contributed by atoms with van der Waals surface area (Å²) in [5.74, 6) is 1.78. The van der Waals surface area contributed by atoms with E-state index in [-0.39, 0.29) is 0 Å². The Kier molecular flexibility index (Phi) is 5.30. The lowest BCUT2D eigenvalue weighted by Crippen LogP contribution is -2.47.